The van der Waals surface area contributed by atoms with Crippen molar-refractivity contribution in [1.82, 2.24) is 19.9 Å². The molecule has 0 saturated carbocycles. The number of ether oxygens (including phenoxy) is 1. The maximum Gasteiger partial charge on any atom is 0.449 e. The van der Waals surface area contributed by atoms with E-state index in [1.165, 1.54) is 11.3 Å². The monoisotopic (exact) mass is 422 g/mol. The average Bonchev–Trinajstić information content (AvgIpc) is 3.16. The third-order valence-corrected chi connectivity index (χ3v) is 5.70. The van der Waals surface area contributed by atoms with Gasteiger partial charge in [-0.2, -0.15) is 13.2 Å². The maximum atomic E-state index is 12.8. The summed E-state index contributed by atoms with van der Waals surface area (Å²) in [7, 11) is 1.61. The Morgan fingerprint density at radius 1 is 1.31 bits per heavy atom. The lowest BCUT2D eigenvalue weighted by Gasteiger charge is -2.27. The van der Waals surface area contributed by atoms with E-state index in [4.69, 9.17) is 4.74 Å². The highest BCUT2D eigenvalue weighted by atomic mass is 32.1. The molecule has 2 aromatic heterocycles. The van der Waals surface area contributed by atoms with Crippen LogP contribution in [-0.2, 0) is 25.7 Å². The number of nitrogens with zero attached hydrogens (tertiary/aromatic N) is 3. The van der Waals surface area contributed by atoms with Gasteiger partial charge in [0.1, 0.15) is 10.8 Å². The second-order valence-corrected chi connectivity index (χ2v) is 7.75. The van der Waals surface area contributed by atoms with Crippen LogP contribution in [-0.4, -0.2) is 33.5 Å². The van der Waals surface area contributed by atoms with Crippen LogP contribution in [0.5, 0.6) is 5.75 Å². The number of nitrogens with one attached hydrogen (secondary N) is 1. The van der Waals surface area contributed by atoms with Crippen LogP contribution in [0, 0.1) is 0 Å². The number of benzene rings is 1. The molecule has 0 unspecified atom stereocenters. The van der Waals surface area contributed by atoms with Crippen LogP contribution in [0.3, 0.4) is 0 Å². The Kier molecular flexibility index (Phi) is 5.13. The van der Waals surface area contributed by atoms with Gasteiger partial charge in [0.2, 0.25) is 5.82 Å². The summed E-state index contributed by atoms with van der Waals surface area (Å²) in [5.41, 5.74) is 0.677. The van der Waals surface area contributed by atoms with Crippen molar-refractivity contribution in [3.8, 4) is 16.3 Å². The molecule has 0 fully saturated rings. The number of aromatic amines is 1. The average molecular weight is 422 g/mol. The van der Waals surface area contributed by atoms with Crippen LogP contribution in [0.1, 0.15) is 22.0 Å². The number of aromatic nitrogens is 3. The Balaban J connectivity index is 1.52. The maximum absolute atomic E-state index is 12.8. The van der Waals surface area contributed by atoms with Crippen LogP contribution < -0.4 is 10.3 Å². The summed E-state index contributed by atoms with van der Waals surface area (Å²) in [4.78, 5) is 25.1. The van der Waals surface area contributed by atoms with E-state index in [2.05, 4.69) is 9.97 Å². The zero-order valence-electron chi connectivity index (χ0n) is 15.4. The predicted molar refractivity (Wildman–Crippen MR) is 102 cm³/mol. The van der Waals surface area contributed by atoms with Gasteiger partial charge < -0.3 is 9.72 Å². The zero-order valence-corrected chi connectivity index (χ0v) is 16.2. The van der Waals surface area contributed by atoms with Crippen LogP contribution in [0.25, 0.3) is 10.6 Å². The Bertz CT molecular complexity index is 1090. The number of hydrogen-bond acceptors (Lipinski definition) is 6. The van der Waals surface area contributed by atoms with Gasteiger partial charge >= 0.3 is 6.18 Å². The SMILES string of the molecule is COc1ccccc1-c1ncc(CN2CCc3nc(C(F)(F)F)[nH]c(=O)c3C2)s1. The number of alkyl halides is 3. The van der Waals surface area contributed by atoms with Crippen LogP contribution in [0.2, 0.25) is 0 Å². The third kappa shape index (κ3) is 4.03. The lowest BCUT2D eigenvalue weighted by molar-refractivity contribution is -0.145. The number of hydrogen-bond donors (Lipinski definition) is 1. The lowest BCUT2D eigenvalue weighted by atomic mass is 10.1. The summed E-state index contributed by atoms with van der Waals surface area (Å²) in [5.74, 6) is -0.503. The quantitative estimate of drug-likeness (QED) is 0.697. The molecular formula is C19H17F3N4O2S. The fourth-order valence-electron chi connectivity index (χ4n) is 3.30. The van der Waals surface area contributed by atoms with Crippen molar-refractivity contribution in [2.24, 2.45) is 0 Å². The van der Waals surface area contributed by atoms with E-state index in [1.54, 1.807) is 13.3 Å². The molecule has 3 aromatic rings. The van der Waals surface area contributed by atoms with Crippen LogP contribution >= 0.6 is 11.3 Å². The Labute approximate surface area is 168 Å². The van der Waals surface area contributed by atoms with E-state index < -0.39 is 17.6 Å². The van der Waals surface area contributed by atoms with E-state index in [0.29, 0.717) is 25.1 Å². The van der Waals surface area contributed by atoms with E-state index in [9.17, 15) is 18.0 Å². The van der Waals surface area contributed by atoms with E-state index in [0.717, 1.165) is 21.2 Å². The van der Waals surface area contributed by atoms with Gasteiger partial charge in [0.15, 0.2) is 0 Å². The van der Waals surface area contributed by atoms with Gasteiger partial charge in [0.25, 0.3) is 5.56 Å². The van der Waals surface area contributed by atoms with Gasteiger partial charge in [0.05, 0.1) is 23.9 Å². The highest BCUT2D eigenvalue weighted by Gasteiger charge is 2.36. The van der Waals surface area contributed by atoms with Crippen molar-refractivity contribution >= 4 is 11.3 Å². The number of para-hydroxylation sites is 1. The molecule has 0 atom stereocenters. The molecule has 3 heterocycles. The van der Waals surface area contributed by atoms with Crippen molar-refractivity contribution in [2.75, 3.05) is 13.7 Å². The number of H-pyrrole nitrogens is 1. The number of thiazole rings is 1. The Hall–Kier alpha value is -2.72. The van der Waals surface area contributed by atoms with Gasteiger partial charge in [-0.25, -0.2) is 9.97 Å². The van der Waals surface area contributed by atoms with Crippen molar-refractivity contribution in [2.45, 2.75) is 25.7 Å². The molecule has 0 aliphatic carbocycles. The summed E-state index contributed by atoms with van der Waals surface area (Å²) in [6, 6.07) is 7.60. The highest BCUT2D eigenvalue weighted by molar-refractivity contribution is 7.15. The minimum absolute atomic E-state index is 0.219. The summed E-state index contributed by atoms with van der Waals surface area (Å²) < 4.78 is 43.9. The largest absolute Gasteiger partial charge is 0.496 e. The molecule has 1 aromatic carbocycles. The fourth-order valence-corrected chi connectivity index (χ4v) is 4.28. The van der Waals surface area contributed by atoms with Gasteiger partial charge in [-0.1, -0.05) is 12.1 Å². The fraction of sp³-hybridized carbons (Fsp3) is 0.316. The van der Waals surface area contributed by atoms with Crippen molar-refractivity contribution in [3.05, 3.63) is 62.8 Å². The van der Waals surface area contributed by atoms with Gasteiger partial charge in [-0.15, -0.1) is 11.3 Å². The van der Waals surface area contributed by atoms with Gasteiger partial charge in [-0.3, -0.25) is 9.69 Å². The molecule has 0 amide bonds. The molecule has 1 aliphatic heterocycles. The summed E-state index contributed by atoms with van der Waals surface area (Å²) in [6.45, 7) is 1.31. The molecule has 29 heavy (non-hydrogen) atoms. The van der Waals surface area contributed by atoms with Gasteiger partial charge in [0, 0.05) is 37.1 Å². The molecular weight excluding hydrogens is 405 g/mol. The standard InChI is InChI=1S/C19H17F3N4O2S/c1-28-15-5-3-2-4-12(15)17-23-8-11(29-17)9-26-7-6-14-13(10-26)16(27)25-18(24-14)19(20,21)22/h2-5,8H,6-7,9-10H2,1H3,(H,24,25,27). The third-order valence-electron chi connectivity index (χ3n) is 4.69. The van der Waals surface area contributed by atoms with Gasteiger partial charge in [-0.05, 0) is 12.1 Å². The highest BCUT2D eigenvalue weighted by Crippen LogP contribution is 2.33. The molecule has 1 N–H and O–H groups in total. The molecule has 10 heteroatoms. The molecule has 6 nitrogen and oxygen atoms in total. The number of halogens is 3. The molecule has 152 valence electrons. The second-order valence-electron chi connectivity index (χ2n) is 6.63. The van der Waals surface area contributed by atoms with Crippen LogP contribution in [0.4, 0.5) is 13.2 Å². The molecule has 4 rings (SSSR count). The van der Waals surface area contributed by atoms with Crippen molar-refractivity contribution in [3.63, 3.8) is 0 Å². The number of fused-ring (bicyclic) bond motifs is 1. The zero-order chi connectivity index (χ0) is 20.6. The predicted octanol–water partition coefficient (Wildman–Crippen LogP) is 3.48. The number of rotatable bonds is 4. The van der Waals surface area contributed by atoms with Crippen molar-refractivity contribution < 1.29 is 17.9 Å². The van der Waals surface area contributed by atoms with E-state index in [-0.39, 0.29) is 12.2 Å². The minimum Gasteiger partial charge on any atom is -0.496 e. The lowest BCUT2D eigenvalue weighted by Crippen LogP contribution is -2.36. The first-order valence-corrected chi connectivity index (χ1v) is 9.66. The van der Waals surface area contributed by atoms with E-state index >= 15 is 0 Å². The topological polar surface area (TPSA) is 71.1 Å². The number of methoxy groups -OCH3 is 1. The van der Waals surface area contributed by atoms with Crippen molar-refractivity contribution in [1.29, 1.82) is 0 Å². The molecule has 0 spiro atoms. The summed E-state index contributed by atoms with van der Waals surface area (Å²) in [5, 5.41) is 0.823. The molecule has 0 radical (unpaired) electrons. The first kappa shape index (κ1) is 19.6. The molecule has 0 saturated heterocycles. The van der Waals surface area contributed by atoms with Crippen LogP contribution in [0.15, 0.2) is 35.3 Å². The second kappa shape index (κ2) is 7.60. The molecule has 1 aliphatic rings. The minimum atomic E-state index is -4.66. The first-order chi connectivity index (χ1) is 13.8. The Morgan fingerprint density at radius 3 is 2.86 bits per heavy atom. The summed E-state index contributed by atoms with van der Waals surface area (Å²) >= 11 is 1.52. The normalized spacial score (nSPS) is 14.6. The van der Waals surface area contributed by atoms with E-state index in [1.807, 2.05) is 34.1 Å². The Morgan fingerprint density at radius 2 is 2.10 bits per heavy atom. The smallest absolute Gasteiger partial charge is 0.449 e. The molecule has 0 bridgehead atoms. The summed E-state index contributed by atoms with van der Waals surface area (Å²) in [6.07, 6.45) is -2.60. The first-order valence-electron chi connectivity index (χ1n) is 8.85.